The third kappa shape index (κ3) is 6.88. The highest BCUT2D eigenvalue weighted by Gasteiger charge is 2.25. The molecule has 1 aliphatic rings. The standard InChI is InChI=1S/C26H34N6O.HI/c1-3-27-26(30-22-14-17-32(20-22)23-11-7-8-12-24(23)33-2)29-19-25-28-15-18-31(25)16-13-21-9-5-4-6-10-21;/h4-12,15,18,22H,3,13-14,16-17,19-20H2,1-2H3,(H2,27,29,30);1H. The SMILES string of the molecule is CCNC(=NCc1nccn1CCc1ccccc1)NC1CCN(c2ccccc2OC)C1.I. The van der Waals surface area contributed by atoms with Crippen LogP contribution in [-0.2, 0) is 19.5 Å². The van der Waals surface area contributed by atoms with Crippen molar-refractivity contribution in [1.82, 2.24) is 20.2 Å². The molecule has 2 aromatic carbocycles. The second-order valence-electron chi connectivity index (χ2n) is 8.22. The van der Waals surface area contributed by atoms with E-state index in [0.717, 1.165) is 62.2 Å². The van der Waals surface area contributed by atoms with Crippen molar-refractivity contribution in [2.24, 2.45) is 4.99 Å². The van der Waals surface area contributed by atoms with E-state index in [2.05, 4.69) is 74.5 Å². The molecule has 2 heterocycles. The number of aryl methyl sites for hydroxylation is 2. The van der Waals surface area contributed by atoms with Crippen molar-refractivity contribution >= 4 is 35.6 Å². The first kappa shape index (κ1) is 25.9. The predicted molar refractivity (Wildman–Crippen MR) is 149 cm³/mol. The number of aromatic nitrogens is 2. The summed E-state index contributed by atoms with van der Waals surface area (Å²) in [7, 11) is 1.73. The lowest BCUT2D eigenvalue weighted by Gasteiger charge is -2.22. The van der Waals surface area contributed by atoms with Gasteiger partial charge in [-0.25, -0.2) is 9.98 Å². The minimum absolute atomic E-state index is 0. The zero-order chi connectivity index (χ0) is 22.9. The van der Waals surface area contributed by atoms with Gasteiger partial charge in [0.2, 0.25) is 0 Å². The van der Waals surface area contributed by atoms with Crippen LogP contribution in [0.3, 0.4) is 0 Å². The average Bonchev–Trinajstić information content (AvgIpc) is 3.51. The third-order valence-corrected chi connectivity index (χ3v) is 5.96. The number of nitrogens with one attached hydrogen (secondary N) is 2. The van der Waals surface area contributed by atoms with Gasteiger partial charge >= 0.3 is 0 Å². The number of ether oxygens (including phenoxy) is 1. The molecule has 1 saturated heterocycles. The Labute approximate surface area is 219 Å². The summed E-state index contributed by atoms with van der Waals surface area (Å²) in [5.41, 5.74) is 2.48. The summed E-state index contributed by atoms with van der Waals surface area (Å²) in [5.74, 6) is 2.73. The summed E-state index contributed by atoms with van der Waals surface area (Å²) in [6.45, 7) is 6.25. The lowest BCUT2D eigenvalue weighted by Crippen LogP contribution is -2.44. The Bertz CT molecular complexity index is 1040. The molecule has 1 aliphatic heterocycles. The van der Waals surface area contributed by atoms with E-state index in [1.54, 1.807) is 7.11 Å². The number of rotatable bonds is 9. The summed E-state index contributed by atoms with van der Waals surface area (Å²) < 4.78 is 7.74. The Morgan fingerprint density at radius 3 is 2.74 bits per heavy atom. The molecular formula is C26H35IN6O. The molecule has 1 unspecified atom stereocenters. The molecule has 0 spiro atoms. The number of methoxy groups -OCH3 is 1. The number of nitrogens with zero attached hydrogens (tertiary/aromatic N) is 4. The fraction of sp³-hybridized carbons (Fsp3) is 0.385. The summed E-state index contributed by atoms with van der Waals surface area (Å²) in [5, 5.41) is 7.00. The van der Waals surface area contributed by atoms with E-state index in [1.807, 2.05) is 24.5 Å². The predicted octanol–water partition coefficient (Wildman–Crippen LogP) is 4.09. The minimum atomic E-state index is 0. The van der Waals surface area contributed by atoms with Gasteiger partial charge in [-0.2, -0.15) is 0 Å². The molecule has 4 rings (SSSR count). The molecule has 0 aliphatic carbocycles. The molecule has 0 radical (unpaired) electrons. The second-order valence-corrected chi connectivity index (χ2v) is 8.22. The Balaban J connectivity index is 0.00000324. The monoisotopic (exact) mass is 574 g/mol. The first-order valence-electron chi connectivity index (χ1n) is 11.7. The summed E-state index contributed by atoms with van der Waals surface area (Å²) in [6.07, 6.45) is 5.93. The van der Waals surface area contributed by atoms with Crippen LogP contribution in [0.15, 0.2) is 72.0 Å². The molecule has 1 atom stereocenters. The van der Waals surface area contributed by atoms with Gasteiger partial charge in [-0.3, -0.25) is 0 Å². The number of benzene rings is 2. The highest BCUT2D eigenvalue weighted by molar-refractivity contribution is 14.0. The smallest absolute Gasteiger partial charge is 0.191 e. The molecule has 0 bridgehead atoms. The van der Waals surface area contributed by atoms with Crippen LogP contribution < -0.4 is 20.3 Å². The number of imidazole rings is 1. The fourth-order valence-corrected chi connectivity index (χ4v) is 4.24. The number of hydrogen-bond donors (Lipinski definition) is 2. The van der Waals surface area contributed by atoms with E-state index in [-0.39, 0.29) is 24.0 Å². The van der Waals surface area contributed by atoms with Crippen molar-refractivity contribution in [3.05, 3.63) is 78.4 Å². The normalized spacial score (nSPS) is 15.6. The van der Waals surface area contributed by atoms with Crippen molar-refractivity contribution in [3.63, 3.8) is 0 Å². The maximum absolute atomic E-state index is 5.54. The first-order valence-corrected chi connectivity index (χ1v) is 11.7. The number of aliphatic imine (C=N–C) groups is 1. The lowest BCUT2D eigenvalue weighted by atomic mass is 10.1. The molecule has 7 nitrogen and oxygen atoms in total. The molecule has 0 saturated carbocycles. The van der Waals surface area contributed by atoms with Crippen molar-refractivity contribution in [2.45, 2.75) is 38.9 Å². The molecule has 2 N–H and O–H groups in total. The van der Waals surface area contributed by atoms with Crippen LogP contribution in [0.4, 0.5) is 5.69 Å². The Kier molecular flexibility index (Phi) is 10.1. The van der Waals surface area contributed by atoms with Gasteiger partial charge in [-0.05, 0) is 37.5 Å². The molecule has 34 heavy (non-hydrogen) atoms. The number of para-hydroxylation sites is 2. The third-order valence-electron chi connectivity index (χ3n) is 5.96. The Morgan fingerprint density at radius 1 is 1.15 bits per heavy atom. The van der Waals surface area contributed by atoms with Crippen LogP contribution in [0.1, 0.15) is 24.7 Å². The first-order chi connectivity index (χ1) is 16.3. The molecule has 1 aromatic heterocycles. The fourth-order valence-electron chi connectivity index (χ4n) is 4.24. The molecule has 0 amide bonds. The largest absolute Gasteiger partial charge is 0.495 e. The van der Waals surface area contributed by atoms with Gasteiger partial charge in [-0.1, -0.05) is 42.5 Å². The highest BCUT2D eigenvalue weighted by Crippen LogP contribution is 2.30. The minimum Gasteiger partial charge on any atom is -0.495 e. The zero-order valence-corrected chi connectivity index (χ0v) is 22.3. The second kappa shape index (κ2) is 13.2. The van der Waals surface area contributed by atoms with Crippen molar-refractivity contribution in [3.8, 4) is 5.75 Å². The average molecular weight is 575 g/mol. The number of halogens is 1. The lowest BCUT2D eigenvalue weighted by molar-refractivity contribution is 0.415. The van der Waals surface area contributed by atoms with Crippen LogP contribution in [-0.4, -0.2) is 48.3 Å². The zero-order valence-electron chi connectivity index (χ0n) is 20.0. The van der Waals surface area contributed by atoms with Crippen molar-refractivity contribution < 1.29 is 4.74 Å². The van der Waals surface area contributed by atoms with E-state index in [9.17, 15) is 0 Å². The van der Waals surface area contributed by atoms with Crippen LogP contribution in [0.25, 0.3) is 0 Å². The van der Waals surface area contributed by atoms with Crippen LogP contribution in [0, 0.1) is 0 Å². The van der Waals surface area contributed by atoms with E-state index < -0.39 is 0 Å². The quantitative estimate of drug-likeness (QED) is 0.229. The molecular weight excluding hydrogens is 539 g/mol. The molecule has 3 aromatic rings. The van der Waals surface area contributed by atoms with Crippen molar-refractivity contribution in [2.75, 3.05) is 31.6 Å². The van der Waals surface area contributed by atoms with Crippen LogP contribution in [0.2, 0.25) is 0 Å². The van der Waals surface area contributed by atoms with Crippen LogP contribution in [0.5, 0.6) is 5.75 Å². The van der Waals surface area contributed by atoms with E-state index in [1.165, 1.54) is 5.56 Å². The van der Waals surface area contributed by atoms with Crippen molar-refractivity contribution in [1.29, 1.82) is 0 Å². The van der Waals surface area contributed by atoms with Gasteiger partial charge in [-0.15, -0.1) is 24.0 Å². The maximum atomic E-state index is 5.54. The highest BCUT2D eigenvalue weighted by atomic mass is 127. The Hall–Kier alpha value is -2.75. The Morgan fingerprint density at radius 2 is 1.94 bits per heavy atom. The van der Waals surface area contributed by atoms with Gasteiger partial charge in [0, 0.05) is 44.6 Å². The van der Waals surface area contributed by atoms with Gasteiger partial charge < -0.3 is 24.8 Å². The van der Waals surface area contributed by atoms with Gasteiger partial charge in [0.1, 0.15) is 18.1 Å². The summed E-state index contributed by atoms with van der Waals surface area (Å²) in [6, 6.07) is 19.1. The van der Waals surface area contributed by atoms with Gasteiger partial charge in [0.25, 0.3) is 0 Å². The number of anilines is 1. The topological polar surface area (TPSA) is 66.7 Å². The van der Waals surface area contributed by atoms with E-state index in [4.69, 9.17) is 9.73 Å². The molecule has 182 valence electrons. The summed E-state index contributed by atoms with van der Waals surface area (Å²) in [4.78, 5) is 11.7. The van der Waals surface area contributed by atoms with Gasteiger partial charge in [0.05, 0.1) is 12.8 Å². The molecule has 1 fully saturated rings. The maximum Gasteiger partial charge on any atom is 0.191 e. The number of guanidine groups is 1. The molecule has 8 heteroatoms. The van der Waals surface area contributed by atoms with Gasteiger partial charge in [0.15, 0.2) is 5.96 Å². The van der Waals surface area contributed by atoms with Crippen LogP contribution >= 0.6 is 24.0 Å². The van der Waals surface area contributed by atoms with E-state index in [0.29, 0.717) is 12.6 Å². The number of hydrogen-bond acceptors (Lipinski definition) is 4. The summed E-state index contributed by atoms with van der Waals surface area (Å²) >= 11 is 0. The van der Waals surface area contributed by atoms with E-state index >= 15 is 0 Å².